The Kier molecular flexibility index (Phi) is 4.37. The molecule has 0 radical (unpaired) electrons. The van der Waals surface area contributed by atoms with Crippen molar-refractivity contribution in [2.24, 2.45) is 0 Å². The number of thioether (sulfide) groups is 1. The summed E-state index contributed by atoms with van der Waals surface area (Å²) in [6, 6.07) is 10.1. The van der Waals surface area contributed by atoms with E-state index in [-0.39, 0.29) is 5.56 Å². The van der Waals surface area contributed by atoms with E-state index in [1.54, 1.807) is 0 Å². The molecule has 25 heavy (non-hydrogen) atoms. The van der Waals surface area contributed by atoms with Gasteiger partial charge < -0.3 is 4.98 Å². The summed E-state index contributed by atoms with van der Waals surface area (Å²) in [6.45, 7) is 2.13. The summed E-state index contributed by atoms with van der Waals surface area (Å²) in [5.74, 6) is 1.87. The maximum atomic E-state index is 12.0. The number of H-pyrrole nitrogens is 2. The van der Waals surface area contributed by atoms with E-state index < -0.39 is 0 Å². The van der Waals surface area contributed by atoms with Gasteiger partial charge in [0.2, 0.25) is 5.16 Å². The van der Waals surface area contributed by atoms with Gasteiger partial charge in [0.15, 0.2) is 5.82 Å². The maximum absolute atomic E-state index is 12.0. The highest BCUT2D eigenvalue weighted by molar-refractivity contribution is 7.98. The molecule has 126 valence electrons. The molecule has 1 aromatic carbocycles. The number of rotatable bonds is 5. The highest BCUT2D eigenvalue weighted by atomic mass is 32.2. The number of benzene rings is 1. The van der Waals surface area contributed by atoms with Crippen molar-refractivity contribution in [2.45, 2.75) is 24.3 Å². The molecule has 0 aliphatic heterocycles. The van der Waals surface area contributed by atoms with Gasteiger partial charge in [-0.25, -0.2) is 9.97 Å². The standard InChI is InChI=1S/C17H15N5OS2/c1-2-10-3-5-11(6-4-10)15-20-17(22-21-15)25-9-13-18-12-7-8-24-14(12)16(23)19-13/h3-8H,2,9H2,1H3,(H,18,19,23)(H,20,21,22). The summed E-state index contributed by atoms with van der Waals surface area (Å²) in [4.78, 5) is 23.8. The van der Waals surface area contributed by atoms with Gasteiger partial charge in [0, 0.05) is 5.56 Å². The normalized spacial score (nSPS) is 11.2. The van der Waals surface area contributed by atoms with Crippen LogP contribution in [0, 0.1) is 0 Å². The third-order valence-corrected chi connectivity index (χ3v) is 5.56. The number of nitrogens with zero attached hydrogens (tertiary/aromatic N) is 3. The van der Waals surface area contributed by atoms with Crippen LogP contribution in [0.5, 0.6) is 0 Å². The van der Waals surface area contributed by atoms with Gasteiger partial charge in [-0.05, 0) is 23.4 Å². The van der Waals surface area contributed by atoms with Gasteiger partial charge in [0.25, 0.3) is 5.56 Å². The molecular weight excluding hydrogens is 354 g/mol. The van der Waals surface area contributed by atoms with Crippen molar-refractivity contribution >= 4 is 33.3 Å². The lowest BCUT2D eigenvalue weighted by atomic mass is 10.1. The zero-order chi connectivity index (χ0) is 17.2. The molecule has 0 aliphatic carbocycles. The minimum atomic E-state index is -0.0951. The molecule has 0 atom stereocenters. The average Bonchev–Trinajstić information content (AvgIpc) is 3.29. The molecule has 0 aliphatic rings. The van der Waals surface area contributed by atoms with Gasteiger partial charge in [-0.1, -0.05) is 43.0 Å². The van der Waals surface area contributed by atoms with E-state index >= 15 is 0 Å². The molecule has 4 aromatic rings. The Morgan fingerprint density at radius 2 is 2.00 bits per heavy atom. The van der Waals surface area contributed by atoms with Crippen LogP contribution < -0.4 is 5.56 Å². The summed E-state index contributed by atoms with van der Waals surface area (Å²) in [7, 11) is 0. The Morgan fingerprint density at radius 1 is 1.16 bits per heavy atom. The molecule has 0 spiro atoms. The summed E-state index contributed by atoms with van der Waals surface area (Å²) in [5, 5.41) is 9.69. The van der Waals surface area contributed by atoms with Crippen molar-refractivity contribution < 1.29 is 0 Å². The Bertz CT molecular complexity index is 1060. The predicted octanol–water partition coefficient (Wildman–Crippen LogP) is 3.62. The molecule has 0 unspecified atom stereocenters. The molecule has 0 fully saturated rings. The zero-order valence-electron chi connectivity index (χ0n) is 13.4. The van der Waals surface area contributed by atoms with Crippen LogP contribution in [-0.2, 0) is 12.2 Å². The monoisotopic (exact) mass is 369 g/mol. The molecule has 4 rings (SSSR count). The minimum Gasteiger partial charge on any atom is -0.309 e. The summed E-state index contributed by atoms with van der Waals surface area (Å²) >= 11 is 2.83. The number of fused-ring (bicyclic) bond motifs is 1. The fourth-order valence-corrected chi connectivity index (χ4v) is 3.86. The van der Waals surface area contributed by atoms with Gasteiger partial charge in [0.05, 0.1) is 11.3 Å². The molecule has 0 saturated carbocycles. The molecule has 8 heteroatoms. The van der Waals surface area contributed by atoms with Gasteiger partial charge in [-0.15, -0.1) is 16.4 Å². The van der Waals surface area contributed by atoms with E-state index in [0.717, 1.165) is 23.3 Å². The van der Waals surface area contributed by atoms with Gasteiger partial charge in [-0.3, -0.25) is 9.89 Å². The van der Waals surface area contributed by atoms with E-state index in [0.29, 0.717) is 21.4 Å². The number of hydrogen-bond donors (Lipinski definition) is 2. The molecule has 0 amide bonds. The molecule has 3 aromatic heterocycles. The molecule has 6 nitrogen and oxygen atoms in total. The lowest BCUT2D eigenvalue weighted by Crippen LogP contribution is -2.09. The van der Waals surface area contributed by atoms with Crippen molar-refractivity contribution in [3.05, 3.63) is 57.5 Å². The molecule has 2 N–H and O–H groups in total. The van der Waals surface area contributed by atoms with Crippen molar-refractivity contribution in [1.29, 1.82) is 0 Å². The van der Waals surface area contributed by atoms with Crippen LogP contribution in [0.25, 0.3) is 21.6 Å². The summed E-state index contributed by atoms with van der Waals surface area (Å²) < 4.78 is 0.657. The van der Waals surface area contributed by atoms with Crippen molar-refractivity contribution in [3.8, 4) is 11.4 Å². The van der Waals surface area contributed by atoms with E-state index in [1.807, 2.05) is 23.6 Å². The Balaban J connectivity index is 1.49. The lowest BCUT2D eigenvalue weighted by Gasteiger charge is -1.99. The molecule has 0 bridgehead atoms. The summed E-state index contributed by atoms with van der Waals surface area (Å²) in [5.41, 5.74) is 2.93. The second-order valence-electron chi connectivity index (χ2n) is 5.45. The number of aromatic amines is 2. The highest BCUT2D eigenvalue weighted by Crippen LogP contribution is 2.22. The largest absolute Gasteiger partial charge is 0.309 e. The highest BCUT2D eigenvalue weighted by Gasteiger charge is 2.09. The first-order valence-electron chi connectivity index (χ1n) is 7.84. The molecule has 0 saturated heterocycles. The first-order valence-corrected chi connectivity index (χ1v) is 9.70. The van der Waals surface area contributed by atoms with E-state index in [2.05, 4.69) is 44.2 Å². The topological polar surface area (TPSA) is 87.3 Å². The van der Waals surface area contributed by atoms with Crippen molar-refractivity contribution in [1.82, 2.24) is 25.1 Å². The Morgan fingerprint density at radius 3 is 2.80 bits per heavy atom. The van der Waals surface area contributed by atoms with Crippen LogP contribution in [0.4, 0.5) is 0 Å². The number of aromatic nitrogens is 5. The lowest BCUT2D eigenvalue weighted by molar-refractivity contribution is 0.966. The van der Waals surface area contributed by atoms with E-state index in [1.165, 1.54) is 28.7 Å². The van der Waals surface area contributed by atoms with Crippen molar-refractivity contribution in [2.75, 3.05) is 0 Å². The van der Waals surface area contributed by atoms with Gasteiger partial charge in [-0.2, -0.15) is 0 Å². The zero-order valence-corrected chi connectivity index (χ0v) is 15.1. The van der Waals surface area contributed by atoms with Crippen LogP contribution in [0.1, 0.15) is 18.3 Å². The average molecular weight is 369 g/mol. The summed E-state index contributed by atoms with van der Waals surface area (Å²) in [6.07, 6.45) is 1.01. The number of hydrogen-bond acceptors (Lipinski definition) is 6. The maximum Gasteiger partial charge on any atom is 0.268 e. The number of nitrogens with one attached hydrogen (secondary N) is 2. The van der Waals surface area contributed by atoms with E-state index in [4.69, 9.17) is 0 Å². The third-order valence-electron chi connectivity index (χ3n) is 3.80. The minimum absolute atomic E-state index is 0.0951. The second kappa shape index (κ2) is 6.81. The second-order valence-corrected chi connectivity index (χ2v) is 7.31. The number of aryl methyl sites for hydroxylation is 1. The number of thiophene rings is 1. The Hall–Kier alpha value is -2.45. The predicted molar refractivity (Wildman–Crippen MR) is 101 cm³/mol. The van der Waals surface area contributed by atoms with Crippen LogP contribution >= 0.6 is 23.1 Å². The van der Waals surface area contributed by atoms with Crippen LogP contribution in [0.3, 0.4) is 0 Å². The van der Waals surface area contributed by atoms with Crippen LogP contribution in [0.2, 0.25) is 0 Å². The molecular formula is C17H15N5OS2. The smallest absolute Gasteiger partial charge is 0.268 e. The fraction of sp³-hybridized carbons (Fsp3) is 0.176. The van der Waals surface area contributed by atoms with Crippen LogP contribution in [-0.4, -0.2) is 25.1 Å². The molecule has 3 heterocycles. The van der Waals surface area contributed by atoms with E-state index in [9.17, 15) is 4.79 Å². The first-order chi connectivity index (χ1) is 12.2. The Labute approximate surface area is 151 Å². The van der Waals surface area contributed by atoms with Gasteiger partial charge >= 0.3 is 0 Å². The SMILES string of the molecule is CCc1ccc(-c2nc(SCc3nc4ccsc4c(=O)[nH]3)n[nH]2)cc1. The van der Waals surface area contributed by atoms with Crippen molar-refractivity contribution in [3.63, 3.8) is 0 Å². The van der Waals surface area contributed by atoms with Gasteiger partial charge in [0.1, 0.15) is 10.5 Å². The fourth-order valence-electron chi connectivity index (χ4n) is 2.46. The quantitative estimate of drug-likeness (QED) is 0.525. The third kappa shape index (κ3) is 3.35. The first kappa shape index (κ1) is 16.0. The van der Waals surface area contributed by atoms with Crippen LogP contribution in [0.15, 0.2) is 45.7 Å².